The number of unbranched alkanes of at least 4 members (excludes halogenated alkanes) is 1. The fraction of sp³-hybridized carbons (Fsp3) is 0.613. The minimum Gasteiger partial charge on any atom is -0.451 e. The van der Waals surface area contributed by atoms with Crippen molar-refractivity contribution in [2.45, 2.75) is 83.5 Å². The normalized spacial score (nSPS) is 20.6. The number of hydrogen-bond donors (Lipinski definition) is 5. The number of hydrazone groups is 1. The molecule has 0 spiro atoms. The van der Waals surface area contributed by atoms with Gasteiger partial charge >= 0.3 is 12.2 Å². The summed E-state index contributed by atoms with van der Waals surface area (Å²) in [6.07, 6.45) is 3.85. The van der Waals surface area contributed by atoms with Crippen LogP contribution in [0.2, 0.25) is 0 Å². The number of hydrogen-bond acceptors (Lipinski definition) is 12. The molecule has 0 aromatic rings. The highest BCUT2D eigenvalue weighted by Gasteiger charge is 2.40. The Balaban J connectivity index is 1.96. The number of aliphatic imine (C=N–C) groups is 2. The molecule has 0 aromatic heterocycles. The first kappa shape index (κ1) is 40.6. The number of nitrogens with one attached hydrogen (secondary N) is 4. The zero-order valence-electron chi connectivity index (χ0n) is 27.8. The third-order valence-corrected chi connectivity index (χ3v) is 7.47. The number of morpholine rings is 1. The van der Waals surface area contributed by atoms with Gasteiger partial charge in [-0.2, -0.15) is 13.2 Å². The first-order valence-corrected chi connectivity index (χ1v) is 16.4. The van der Waals surface area contributed by atoms with E-state index in [-0.39, 0.29) is 12.4 Å². The number of nitrogens with zero attached hydrogens (tertiary/aromatic N) is 4. The van der Waals surface area contributed by atoms with Crippen LogP contribution in [0.5, 0.6) is 0 Å². The second-order valence-corrected chi connectivity index (χ2v) is 12.5. The fourth-order valence-corrected chi connectivity index (χ4v) is 5.12. The molecule has 0 saturated carbocycles. The number of carbonyl (C=O) groups excluding carboxylic acids is 1. The summed E-state index contributed by atoms with van der Waals surface area (Å²) in [5.74, 6) is 3.20. The summed E-state index contributed by atoms with van der Waals surface area (Å²) in [6.45, 7) is 16.1. The Hall–Kier alpha value is -3.56. The summed E-state index contributed by atoms with van der Waals surface area (Å²) in [4.78, 5) is 21.4. The smallest absolute Gasteiger partial charge is 0.433 e. The monoisotopic (exact) mass is 700 g/mol. The van der Waals surface area contributed by atoms with Crippen LogP contribution >= 0.6 is 11.8 Å². The zero-order valence-corrected chi connectivity index (χ0v) is 28.6. The number of allylic oxidation sites excluding steroid dienone is 2. The molecule has 5 N–H and O–H groups in total. The van der Waals surface area contributed by atoms with Crippen molar-refractivity contribution in [2.24, 2.45) is 15.1 Å². The van der Waals surface area contributed by atoms with Gasteiger partial charge in [0.2, 0.25) is 18.5 Å². The fourth-order valence-electron chi connectivity index (χ4n) is 4.38. The average Bonchev–Trinajstić information content (AvgIpc) is 3.49. The Morgan fingerprint density at radius 1 is 1.35 bits per heavy atom. The van der Waals surface area contributed by atoms with Gasteiger partial charge < -0.3 is 30.0 Å². The van der Waals surface area contributed by atoms with Crippen LogP contribution in [0, 0.1) is 12.3 Å². The number of thioether (sulfide) groups is 1. The second-order valence-electron chi connectivity index (χ2n) is 11.6. The number of aliphatic hydroxyl groups excluding tert-OH is 1. The predicted molar refractivity (Wildman–Crippen MR) is 182 cm³/mol. The van der Waals surface area contributed by atoms with Crippen LogP contribution in [0.4, 0.5) is 18.0 Å². The van der Waals surface area contributed by atoms with Gasteiger partial charge in [-0.25, -0.2) is 9.69 Å². The van der Waals surface area contributed by atoms with Crippen molar-refractivity contribution in [3.8, 4) is 12.3 Å². The minimum absolute atomic E-state index is 0.123. The topological polar surface area (TPSA) is 153 Å². The maximum atomic E-state index is 12.9. The Kier molecular flexibility index (Phi) is 17.0. The summed E-state index contributed by atoms with van der Waals surface area (Å²) in [6, 6.07) is -1.32. The number of amides is 2. The number of aliphatic hydroxyl groups is 1. The molecular weight excluding hydrogens is 653 g/mol. The summed E-state index contributed by atoms with van der Waals surface area (Å²) < 4.78 is 56.2. The Morgan fingerprint density at radius 2 is 2.10 bits per heavy atom. The van der Waals surface area contributed by atoms with Crippen LogP contribution < -0.4 is 21.4 Å². The van der Waals surface area contributed by atoms with E-state index >= 15 is 0 Å². The lowest BCUT2D eigenvalue weighted by Crippen LogP contribution is -2.56. The number of ether oxygens (including phenoxy) is 3. The molecular formula is C31H47F3N8O5S. The number of alkyl halides is 3. The zero-order chi connectivity index (χ0) is 35.7. The number of halogens is 3. The van der Waals surface area contributed by atoms with Gasteiger partial charge in [0, 0.05) is 30.8 Å². The van der Waals surface area contributed by atoms with Crippen molar-refractivity contribution in [2.75, 3.05) is 38.6 Å². The summed E-state index contributed by atoms with van der Waals surface area (Å²) in [5.41, 5.74) is 1.78. The highest BCUT2D eigenvalue weighted by molar-refractivity contribution is 8.02. The van der Waals surface area contributed by atoms with E-state index in [0.29, 0.717) is 62.8 Å². The maximum Gasteiger partial charge on any atom is 0.433 e. The lowest BCUT2D eigenvalue weighted by molar-refractivity contribution is -0.256. The van der Waals surface area contributed by atoms with Gasteiger partial charge in [-0.1, -0.05) is 12.5 Å². The Morgan fingerprint density at radius 3 is 2.75 bits per heavy atom. The number of terminal acetylenes is 1. The van der Waals surface area contributed by atoms with Crippen molar-refractivity contribution >= 4 is 36.6 Å². The molecule has 1 fully saturated rings. The van der Waals surface area contributed by atoms with Crippen LogP contribution in [0.1, 0.15) is 47.0 Å². The number of urea groups is 1. The molecule has 0 aliphatic carbocycles. The van der Waals surface area contributed by atoms with Gasteiger partial charge in [-0.15, -0.1) is 23.3 Å². The van der Waals surface area contributed by atoms with Crippen molar-refractivity contribution in [1.29, 1.82) is 0 Å². The largest absolute Gasteiger partial charge is 0.451 e. The van der Waals surface area contributed by atoms with E-state index in [1.165, 1.54) is 6.21 Å². The van der Waals surface area contributed by atoms with E-state index in [0.717, 1.165) is 17.2 Å². The van der Waals surface area contributed by atoms with Crippen molar-refractivity contribution < 1.29 is 37.3 Å². The van der Waals surface area contributed by atoms with Gasteiger partial charge in [0.15, 0.2) is 0 Å². The van der Waals surface area contributed by atoms with E-state index in [4.69, 9.17) is 20.6 Å². The molecule has 48 heavy (non-hydrogen) atoms. The van der Waals surface area contributed by atoms with E-state index in [1.807, 2.05) is 20.8 Å². The molecule has 0 radical (unpaired) electrons. The van der Waals surface area contributed by atoms with Gasteiger partial charge in [0.25, 0.3) is 0 Å². The van der Waals surface area contributed by atoms with E-state index in [2.05, 4.69) is 55.7 Å². The number of rotatable bonds is 18. The van der Waals surface area contributed by atoms with Crippen LogP contribution in [0.15, 0.2) is 50.2 Å². The van der Waals surface area contributed by atoms with E-state index in [1.54, 1.807) is 17.9 Å². The molecule has 1 saturated heterocycles. The molecule has 0 bridgehead atoms. The van der Waals surface area contributed by atoms with Gasteiger partial charge in [0.1, 0.15) is 23.6 Å². The Labute approximate surface area is 284 Å². The lowest BCUT2D eigenvalue weighted by atomic mass is 10.1. The lowest BCUT2D eigenvalue weighted by Gasteiger charge is -2.39. The first-order valence-electron chi connectivity index (χ1n) is 15.4. The quantitative estimate of drug-likeness (QED) is 0.0476. The first-order chi connectivity index (χ1) is 22.7. The predicted octanol–water partition coefficient (Wildman–Crippen LogP) is 3.42. The molecule has 268 valence electrons. The highest BCUT2D eigenvalue weighted by atomic mass is 32.2. The molecule has 2 aliphatic heterocycles. The third-order valence-electron chi connectivity index (χ3n) is 6.54. The molecule has 17 heteroatoms. The van der Waals surface area contributed by atoms with Gasteiger partial charge in [-0.05, 0) is 65.3 Å². The van der Waals surface area contributed by atoms with Gasteiger partial charge in [0.05, 0.1) is 25.0 Å². The summed E-state index contributed by atoms with van der Waals surface area (Å²) in [5, 5.41) is 24.4. The molecule has 2 rings (SSSR count). The number of carbonyl (C=O) groups is 1. The molecule has 2 unspecified atom stereocenters. The maximum absolute atomic E-state index is 12.9. The third kappa shape index (κ3) is 14.7. The standard InChI is InChI=1S/C31H47F3N8O5S/c1-8-13-37-22(26-40-41-27(46-26)23-18-45-16-15-42(23)29(44)47-30(4,5)6)12-10-11-14-38-25(39-28(43)36-9-2)17-21(3)19-48-20-24(35-7)31(32,33)34/h1,13,17,20,22-23,26,29,38,40,44H,3,7,9-12,14-16,18-19H2,2,4-6H3,(H2,36,39,43)/b24-20-,25-17+,37-13?/t22-,23-,26?,29?/m0/s1. The minimum atomic E-state index is -4.60. The van der Waals surface area contributed by atoms with E-state index in [9.17, 15) is 23.1 Å². The van der Waals surface area contributed by atoms with Gasteiger partial charge in [-0.3, -0.25) is 20.7 Å². The summed E-state index contributed by atoms with van der Waals surface area (Å²) in [7, 11) is 0. The molecule has 4 atom stereocenters. The summed E-state index contributed by atoms with van der Waals surface area (Å²) >= 11 is 0.859. The van der Waals surface area contributed by atoms with Crippen molar-refractivity contribution in [3.05, 3.63) is 35.2 Å². The molecule has 0 aromatic carbocycles. The van der Waals surface area contributed by atoms with Crippen LogP contribution in [-0.4, -0.2) is 110 Å². The van der Waals surface area contributed by atoms with Crippen LogP contribution in [-0.2, 0) is 14.2 Å². The second kappa shape index (κ2) is 20.1. The Bertz CT molecular complexity index is 1250. The van der Waals surface area contributed by atoms with E-state index < -0.39 is 48.2 Å². The van der Waals surface area contributed by atoms with Crippen molar-refractivity contribution in [1.82, 2.24) is 26.3 Å². The van der Waals surface area contributed by atoms with Crippen molar-refractivity contribution in [3.63, 3.8) is 0 Å². The molecule has 13 nitrogen and oxygen atoms in total. The molecule has 2 aliphatic rings. The molecule has 2 amide bonds. The van der Waals surface area contributed by atoms with Crippen LogP contribution in [0.3, 0.4) is 0 Å². The van der Waals surface area contributed by atoms with Crippen LogP contribution in [0.25, 0.3) is 0 Å². The SMILES string of the molecule is C#CC=N[C@@H](CCCCN/C(=C\C(=C)CS/C=C(\N=C)C(F)(F)F)NC(=O)NCC)C1NN=C([C@@H]2COCCN2C(O)OC(C)(C)C)O1. The average molecular weight is 701 g/mol. The molecule has 2 heterocycles. The highest BCUT2D eigenvalue weighted by Crippen LogP contribution is 2.29.